The predicted molar refractivity (Wildman–Crippen MR) is 71.1 cm³/mol. The third-order valence-corrected chi connectivity index (χ3v) is 2.89. The lowest BCUT2D eigenvalue weighted by molar-refractivity contribution is -0.107. The van der Waals surface area contributed by atoms with E-state index in [4.69, 9.17) is 4.74 Å². The molecule has 0 aromatic heterocycles. The van der Waals surface area contributed by atoms with E-state index in [0.29, 0.717) is 12.8 Å². The van der Waals surface area contributed by atoms with Crippen LogP contribution in [0.3, 0.4) is 0 Å². The number of unbranched alkanes of at least 4 members (excludes halogenated alkanes) is 4. The molecule has 98 valence electrons. The first-order valence-electron chi connectivity index (χ1n) is 6.39. The lowest BCUT2D eigenvalue weighted by Gasteiger charge is -2.03. The van der Waals surface area contributed by atoms with Gasteiger partial charge in [-0.05, 0) is 37.1 Å². The molecule has 0 atom stereocenters. The van der Waals surface area contributed by atoms with Crippen molar-refractivity contribution in [3.05, 3.63) is 29.8 Å². The number of Topliss-reactive ketones (excluding diaryl/α,β-unsaturated/α-hetero) is 1. The first-order valence-corrected chi connectivity index (χ1v) is 6.39. The van der Waals surface area contributed by atoms with Gasteiger partial charge in [0.25, 0.3) is 0 Å². The number of carbonyl (C=O) groups is 2. The van der Waals surface area contributed by atoms with Crippen LogP contribution in [0.1, 0.15) is 48.9 Å². The van der Waals surface area contributed by atoms with E-state index in [9.17, 15) is 9.59 Å². The van der Waals surface area contributed by atoms with Crippen molar-refractivity contribution in [1.82, 2.24) is 0 Å². The molecular formula is C15H20O3. The number of ether oxygens (including phenoxy) is 1. The van der Waals surface area contributed by atoms with Crippen molar-refractivity contribution >= 4 is 12.1 Å². The zero-order chi connectivity index (χ0) is 13.2. The van der Waals surface area contributed by atoms with Gasteiger partial charge >= 0.3 is 0 Å². The monoisotopic (exact) mass is 248 g/mol. The molecule has 3 nitrogen and oxygen atoms in total. The topological polar surface area (TPSA) is 43.4 Å². The third-order valence-electron chi connectivity index (χ3n) is 2.89. The first kappa shape index (κ1) is 14.4. The van der Waals surface area contributed by atoms with Crippen LogP contribution in [0.5, 0.6) is 5.75 Å². The summed E-state index contributed by atoms with van der Waals surface area (Å²) >= 11 is 0. The SMILES string of the molecule is COc1ccc(C(=O)CCCCCCC=O)cc1. The van der Waals surface area contributed by atoms with Gasteiger partial charge in [-0.25, -0.2) is 0 Å². The summed E-state index contributed by atoms with van der Waals surface area (Å²) in [5.74, 6) is 0.938. The number of methoxy groups -OCH3 is 1. The Kier molecular flexibility index (Phi) is 6.77. The van der Waals surface area contributed by atoms with Crippen molar-refractivity contribution in [2.24, 2.45) is 0 Å². The lowest BCUT2D eigenvalue weighted by Crippen LogP contribution is -1.98. The fourth-order valence-corrected chi connectivity index (χ4v) is 1.79. The van der Waals surface area contributed by atoms with Gasteiger partial charge in [0.1, 0.15) is 12.0 Å². The maximum Gasteiger partial charge on any atom is 0.162 e. The molecule has 0 amide bonds. The molecule has 1 aromatic rings. The van der Waals surface area contributed by atoms with Crippen molar-refractivity contribution in [2.75, 3.05) is 7.11 Å². The van der Waals surface area contributed by atoms with E-state index in [1.54, 1.807) is 31.4 Å². The van der Waals surface area contributed by atoms with Crippen LogP contribution in [0.2, 0.25) is 0 Å². The summed E-state index contributed by atoms with van der Waals surface area (Å²) in [6.07, 6.45) is 6.01. The van der Waals surface area contributed by atoms with Gasteiger partial charge in [-0.3, -0.25) is 4.79 Å². The van der Waals surface area contributed by atoms with Crippen molar-refractivity contribution in [1.29, 1.82) is 0 Å². The number of aldehydes is 1. The molecular weight excluding hydrogens is 228 g/mol. The summed E-state index contributed by atoms with van der Waals surface area (Å²) in [4.78, 5) is 22.0. The second-order valence-corrected chi connectivity index (χ2v) is 4.27. The van der Waals surface area contributed by atoms with Crippen molar-refractivity contribution in [3.63, 3.8) is 0 Å². The summed E-state index contributed by atoms with van der Waals surface area (Å²) in [6.45, 7) is 0. The number of benzene rings is 1. The summed E-state index contributed by atoms with van der Waals surface area (Å²) in [5.41, 5.74) is 0.740. The van der Waals surface area contributed by atoms with Gasteiger partial charge in [0, 0.05) is 18.4 Å². The summed E-state index contributed by atoms with van der Waals surface area (Å²) < 4.78 is 5.05. The van der Waals surface area contributed by atoms with Crippen LogP contribution in [0.15, 0.2) is 24.3 Å². The minimum atomic E-state index is 0.174. The lowest BCUT2D eigenvalue weighted by atomic mass is 10.0. The molecule has 1 rings (SSSR count). The Morgan fingerprint density at radius 2 is 1.78 bits per heavy atom. The summed E-state index contributed by atoms with van der Waals surface area (Å²) in [7, 11) is 1.61. The van der Waals surface area contributed by atoms with Gasteiger partial charge in [0.05, 0.1) is 7.11 Å². The average molecular weight is 248 g/mol. The number of carbonyl (C=O) groups excluding carboxylic acids is 2. The smallest absolute Gasteiger partial charge is 0.162 e. The van der Waals surface area contributed by atoms with E-state index in [1.807, 2.05) is 0 Å². The highest BCUT2D eigenvalue weighted by Crippen LogP contribution is 2.14. The van der Waals surface area contributed by atoms with Gasteiger partial charge in [0.2, 0.25) is 0 Å². The largest absolute Gasteiger partial charge is 0.497 e. The minimum absolute atomic E-state index is 0.174. The van der Waals surface area contributed by atoms with Crippen LogP contribution in [0.4, 0.5) is 0 Å². The molecule has 0 N–H and O–H groups in total. The van der Waals surface area contributed by atoms with Gasteiger partial charge in [-0.2, -0.15) is 0 Å². The van der Waals surface area contributed by atoms with Crippen LogP contribution >= 0.6 is 0 Å². The Hall–Kier alpha value is -1.64. The Balaban J connectivity index is 2.25. The molecule has 0 bridgehead atoms. The number of rotatable bonds is 9. The zero-order valence-corrected chi connectivity index (χ0v) is 10.9. The van der Waals surface area contributed by atoms with E-state index < -0.39 is 0 Å². The van der Waals surface area contributed by atoms with E-state index in [0.717, 1.165) is 43.3 Å². The molecule has 0 heterocycles. The highest BCUT2D eigenvalue weighted by molar-refractivity contribution is 5.96. The molecule has 0 saturated carbocycles. The van der Waals surface area contributed by atoms with Crippen LogP contribution < -0.4 is 4.74 Å². The Labute approximate surface area is 108 Å². The van der Waals surface area contributed by atoms with E-state index in [1.165, 1.54) is 0 Å². The molecule has 18 heavy (non-hydrogen) atoms. The maximum atomic E-state index is 11.8. The molecule has 0 fully saturated rings. The minimum Gasteiger partial charge on any atom is -0.497 e. The number of hydrogen-bond donors (Lipinski definition) is 0. The van der Waals surface area contributed by atoms with Gasteiger partial charge < -0.3 is 9.53 Å². The standard InChI is InChI=1S/C15H20O3/c1-18-14-10-8-13(9-11-14)15(17)7-5-3-2-4-6-12-16/h8-12H,2-7H2,1H3. The molecule has 0 spiro atoms. The normalized spacial score (nSPS) is 10.1. The molecule has 0 saturated heterocycles. The van der Waals surface area contributed by atoms with Crippen LogP contribution in [0, 0.1) is 0 Å². The summed E-state index contributed by atoms with van der Waals surface area (Å²) in [6, 6.07) is 7.20. The quantitative estimate of drug-likeness (QED) is 0.382. The molecule has 1 aromatic carbocycles. The third kappa shape index (κ3) is 5.13. The molecule has 0 aliphatic heterocycles. The van der Waals surface area contributed by atoms with Crippen LogP contribution in [-0.2, 0) is 4.79 Å². The highest BCUT2D eigenvalue weighted by Gasteiger charge is 2.05. The molecule has 3 heteroatoms. The Bertz CT molecular complexity index is 368. The first-order chi connectivity index (χ1) is 8.77. The molecule has 0 unspecified atom stereocenters. The Morgan fingerprint density at radius 1 is 1.11 bits per heavy atom. The summed E-state index contributed by atoms with van der Waals surface area (Å²) in [5, 5.41) is 0. The average Bonchev–Trinajstić information content (AvgIpc) is 2.42. The number of ketones is 1. The van der Waals surface area contributed by atoms with Crippen molar-refractivity contribution in [3.8, 4) is 5.75 Å². The van der Waals surface area contributed by atoms with Crippen LogP contribution in [0.25, 0.3) is 0 Å². The zero-order valence-electron chi connectivity index (χ0n) is 10.9. The van der Waals surface area contributed by atoms with Crippen LogP contribution in [-0.4, -0.2) is 19.2 Å². The van der Waals surface area contributed by atoms with E-state index >= 15 is 0 Å². The second-order valence-electron chi connectivity index (χ2n) is 4.27. The van der Waals surface area contributed by atoms with Gasteiger partial charge in [0.15, 0.2) is 5.78 Å². The van der Waals surface area contributed by atoms with E-state index in [-0.39, 0.29) is 5.78 Å². The second kappa shape index (κ2) is 8.45. The van der Waals surface area contributed by atoms with Gasteiger partial charge in [-0.15, -0.1) is 0 Å². The van der Waals surface area contributed by atoms with E-state index in [2.05, 4.69) is 0 Å². The van der Waals surface area contributed by atoms with Crippen molar-refractivity contribution < 1.29 is 14.3 Å². The fourth-order valence-electron chi connectivity index (χ4n) is 1.79. The fraction of sp³-hybridized carbons (Fsp3) is 0.467. The molecule has 0 radical (unpaired) electrons. The maximum absolute atomic E-state index is 11.8. The number of hydrogen-bond acceptors (Lipinski definition) is 3. The molecule has 0 aliphatic carbocycles. The van der Waals surface area contributed by atoms with Crippen molar-refractivity contribution in [2.45, 2.75) is 38.5 Å². The predicted octanol–water partition coefficient (Wildman–Crippen LogP) is 3.42. The highest BCUT2D eigenvalue weighted by atomic mass is 16.5. The molecule has 0 aliphatic rings. The Morgan fingerprint density at radius 3 is 2.39 bits per heavy atom. The van der Waals surface area contributed by atoms with Gasteiger partial charge in [-0.1, -0.05) is 12.8 Å².